The van der Waals surface area contributed by atoms with Gasteiger partial charge in [0.1, 0.15) is 11.9 Å². The van der Waals surface area contributed by atoms with Crippen LogP contribution in [0.4, 0.5) is 10.1 Å². The molecule has 3 aromatic carbocycles. The van der Waals surface area contributed by atoms with Crippen LogP contribution in [0.5, 0.6) is 0 Å². The van der Waals surface area contributed by atoms with Gasteiger partial charge in [-0.05, 0) is 54.8 Å². The van der Waals surface area contributed by atoms with Crippen molar-refractivity contribution in [2.75, 3.05) is 18.4 Å². The van der Waals surface area contributed by atoms with E-state index < -0.39 is 6.04 Å². The van der Waals surface area contributed by atoms with Crippen LogP contribution in [0.3, 0.4) is 0 Å². The molecular formula is C26H25FN4O2. The fraction of sp³-hybridized carbons (Fsp3) is 0.231. The third kappa shape index (κ3) is 4.32. The molecule has 6 nitrogen and oxygen atoms in total. The molecule has 1 aliphatic rings. The van der Waals surface area contributed by atoms with Gasteiger partial charge in [-0.25, -0.2) is 9.18 Å². The molecule has 0 spiro atoms. The molecule has 1 aromatic heterocycles. The molecule has 1 fully saturated rings. The minimum Gasteiger partial charge on any atom is -0.324 e. The number of imidazole rings is 1. The number of hydrogen-bond acceptors (Lipinski definition) is 3. The first-order valence-electron chi connectivity index (χ1n) is 11.1. The van der Waals surface area contributed by atoms with E-state index in [4.69, 9.17) is 0 Å². The average molecular weight is 445 g/mol. The lowest BCUT2D eigenvalue weighted by Gasteiger charge is -2.37. The molecule has 0 aliphatic carbocycles. The highest BCUT2D eigenvalue weighted by molar-refractivity contribution is 5.95. The number of aromatic nitrogens is 2. The minimum absolute atomic E-state index is 0.0708. The second-order valence-corrected chi connectivity index (χ2v) is 8.39. The van der Waals surface area contributed by atoms with Crippen molar-refractivity contribution in [1.82, 2.24) is 14.5 Å². The fourth-order valence-corrected chi connectivity index (χ4v) is 4.75. The van der Waals surface area contributed by atoms with Gasteiger partial charge >= 0.3 is 5.69 Å². The molecule has 1 amide bonds. The molecule has 1 atom stereocenters. The number of aromatic amines is 1. The molecule has 0 unspecified atom stereocenters. The van der Waals surface area contributed by atoms with Gasteiger partial charge < -0.3 is 10.3 Å². The van der Waals surface area contributed by atoms with Gasteiger partial charge in [-0.15, -0.1) is 0 Å². The van der Waals surface area contributed by atoms with Gasteiger partial charge in [-0.1, -0.05) is 42.5 Å². The summed E-state index contributed by atoms with van der Waals surface area (Å²) in [5, 5.41) is 2.93. The van der Waals surface area contributed by atoms with E-state index in [1.807, 2.05) is 59.2 Å². The fourth-order valence-electron chi connectivity index (χ4n) is 4.75. The maximum atomic E-state index is 13.3. The summed E-state index contributed by atoms with van der Waals surface area (Å²) in [6.07, 6.45) is 1.52. The van der Waals surface area contributed by atoms with Crippen LogP contribution in [-0.4, -0.2) is 33.4 Å². The van der Waals surface area contributed by atoms with E-state index in [0.717, 1.165) is 29.4 Å². The Morgan fingerprint density at radius 1 is 0.939 bits per heavy atom. The number of benzene rings is 3. The van der Waals surface area contributed by atoms with Crippen molar-refractivity contribution < 1.29 is 9.18 Å². The number of anilines is 1. The molecule has 1 saturated heterocycles. The first-order valence-corrected chi connectivity index (χ1v) is 11.1. The van der Waals surface area contributed by atoms with Crippen LogP contribution in [0.15, 0.2) is 83.7 Å². The van der Waals surface area contributed by atoms with Gasteiger partial charge in [0.05, 0.1) is 11.0 Å². The first-order chi connectivity index (χ1) is 16.1. The molecule has 5 rings (SSSR count). The van der Waals surface area contributed by atoms with Crippen LogP contribution in [0.2, 0.25) is 0 Å². The number of hydrogen-bond donors (Lipinski definition) is 2. The quantitative estimate of drug-likeness (QED) is 0.477. The smallest absolute Gasteiger partial charge is 0.324 e. The second-order valence-electron chi connectivity index (χ2n) is 8.39. The SMILES string of the molecule is O=C(Nc1ccc(F)cc1)[C@@H](c1ccccc1)N1CCC(n2c(=O)[nH]c3ccccc32)CC1. The maximum Gasteiger partial charge on any atom is 0.326 e. The molecule has 2 heterocycles. The van der Waals surface area contributed by atoms with E-state index in [1.165, 1.54) is 12.1 Å². The highest BCUT2D eigenvalue weighted by Crippen LogP contribution is 2.31. The minimum atomic E-state index is -0.475. The summed E-state index contributed by atoms with van der Waals surface area (Å²) in [4.78, 5) is 31.0. The predicted molar refractivity (Wildman–Crippen MR) is 127 cm³/mol. The van der Waals surface area contributed by atoms with Crippen LogP contribution in [-0.2, 0) is 4.79 Å². The van der Waals surface area contributed by atoms with E-state index >= 15 is 0 Å². The standard InChI is InChI=1S/C26H25FN4O2/c27-19-10-12-20(13-11-19)28-25(32)24(18-6-2-1-3-7-18)30-16-14-21(15-17-30)31-23-9-5-4-8-22(23)29-26(31)33/h1-13,21,24H,14-17H2,(H,28,32)(H,29,33)/t24-/m1/s1. The van der Waals surface area contributed by atoms with E-state index in [0.29, 0.717) is 18.8 Å². The van der Waals surface area contributed by atoms with Crippen LogP contribution in [0.1, 0.15) is 30.5 Å². The number of carbonyl (C=O) groups is 1. The third-order valence-electron chi connectivity index (χ3n) is 6.33. The Kier molecular flexibility index (Phi) is 5.79. The molecule has 0 radical (unpaired) electrons. The zero-order valence-electron chi connectivity index (χ0n) is 18.1. The number of para-hydroxylation sites is 2. The highest BCUT2D eigenvalue weighted by atomic mass is 19.1. The number of H-pyrrole nitrogens is 1. The van der Waals surface area contributed by atoms with Crippen LogP contribution < -0.4 is 11.0 Å². The zero-order valence-corrected chi connectivity index (χ0v) is 18.1. The van der Waals surface area contributed by atoms with E-state index in [1.54, 1.807) is 12.1 Å². The number of rotatable bonds is 5. The molecule has 2 N–H and O–H groups in total. The van der Waals surface area contributed by atoms with Crippen molar-refractivity contribution >= 4 is 22.6 Å². The Morgan fingerprint density at radius 2 is 1.61 bits per heavy atom. The number of likely N-dealkylation sites (tertiary alicyclic amines) is 1. The Balaban J connectivity index is 1.37. The van der Waals surface area contributed by atoms with Gasteiger partial charge in [0.25, 0.3) is 0 Å². The number of nitrogens with one attached hydrogen (secondary N) is 2. The van der Waals surface area contributed by atoms with Gasteiger partial charge in [0.2, 0.25) is 5.91 Å². The highest BCUT2D eigenvalue weighted by Gasteiger charge is 2.32. The van der Waals surface area contributed by atoms with Gasteiger partial charge in [0.15, 0.2) is 0 Å². The Morgan fingerprint density at radius 3 is 2.33 bits per heavy atom. The number of carbonyl (C=O) groups excluding carboxylic acids is 1. The Hall–Kier alpha value is -3.71. The number of piperidine rings is 1. The summed E-state index contributed by atoms with van der Waals surface area (Å²) in [6, 6.07) is 22.8. The lowest BCUT2D eigenvalue weighted by Crippen LogP contribution is -2.43. The normalized spacial score (nSPS) is 16.0. The number of nitrogens with zero attached hydrogens (tertiary/aromatic N) is 2. The summed E-state index contributed by atoms with van der Waals surface area (Å²) in [5.41, 5.74) is 3.12. The Bertz CT molecular complexity index is 1310. The monoisotopic (exact) mass is 444 g/mol. The molecule has 7 heteroatoms. The van der Waals surface area contributed by atoms with Crippen LogP contribution in [0.25, 0.3) is 11.0 Å². The predicted octanol–water partition coefficient (Wildman–Crippen LogP) is 4.49. The van der Waals surface area contributed by atoms with Crippen LogP contribution in [0, 0.1) is 5.82 Å². The number of halogens is 1. The van der Waals surface area contributed by atoms with Crippen molar-refractivity contribution in [2.45, 2.75) is 24.9 Å². The third-order valence-corrected chi connectivity index (χ3v) is 6.33. The molecule has 168 valence electrons. The lowest BCUT2D eigenvalue weighted by molar-refractivity contribution is -0.122. The molecule has 4 aromatic rings. The zero-order chi connectivity index (χ0) is 22.8. The van der Waals surface area contributed by atoms with E-state index in [9.17, 15) is 14.0 Å². The molecular weight excluding hydrogens is 419 g/mol. The number of amides is 1. The van der Waals surface area contributed by atoms with Crippen molar-refractivity contribution in [2.24, 2.45) is 0 Å². The summed E-state index contributed by atoms with van der Waals surface area (Å²) in [6.45, 7) is 1.35. The first kappa shape index (κ1) is 21.2. The summed E-state index contributed by atoms with van der Waals surface area (Å²) in [7, 11) is 0. The molecule has 0 saturated carbocycles. The topological polar surface area (TPSA) is 70.1 Å². The van der Waals surface area contributed by atoms with Gasteiger partial charge in [0, 0.05) is 24.8 Å². The van der Waals surface area contributed by atoms with E-state index in [2.05, 4.69) is 15.2 Å². The second kappa shape index (κ2) is 9.03. The van der Waals surface area contributed by atoms with Crippen molar-refractivity contribution in [1.29, 1.82) is 0 Å². The Labute approximate surface area is 190 Å². The van der Waals surface area contributed by atoms with Gasteiger partial charge in [-0.3, -0.25) is 14.3 Å². The average Bonchev–Trinajstić information content (AvgIpc) is 3.17. The summed E-state index contributed by atoms with van der Waals surface area (Å²) < 4.78 is 15.1. The van der Waals surface area contributed by atoms with E-state index in [-0.39, 0.29) is 23.5 Å². The van der Waals surface area contributed by atoms with Crippen molar-refractivity contribution in [3.05, 3.63) is 101 Å². The molecule has 1 aliphatic heterocycles. The van der Waals surface area contributed by atoms with Gasteiger partial charge in [-0.2, -0.15) is 0 Å². The summed E-state index contributed by atoms with van der Waals surface area (Å²) >= 11 is 0. The van der Waals surface area contributed by atoms with Crippen LogP contribution >= 0.6 is 0 Å². The molecule has 0 bridgehead atoms. The maximum absolute atomic E-state index is 13.3. The van der Waals surface area contributed by atoms with Crippen molar-refractivity contribution in [3.63, 3.8) is 0 Å². The number of fused-ring (bicyclic) bond motifs is 1. The molecule has 33 heavy (non-hydrogen) atoms. The largest absolute Gasteiger partial charge is 0.326 e. The summed E-state index contributed by atoms with van der Waals surface area (Å²) in [5.74, 6) is -0.502. The van der Waals surface area contributed by atoms with Crippen molar-refractivity contribution in [3.8, 4) is 0 Å². The lowest BCUT2D eigenvalue weighted by atomic mass is 9.98.